The Morgan fingerprint density at radius 3 is 2.80 bits per heavy atom. The molecule has 1 fully saturated rings. The number of nitrogens with zero attached hydrogens (tertiary/aromatic N) is 3. The van der Waals surface area contributed by atoms with Gasteiger partial charge in [-0.1, -0.05) is 17.7 Å². The normalized spacial score (nSPS) is 16.4. The number of likely N-dealkylation sites (tertiary alicyclic amines) is 1. The number of nitrogens with one attached hydrogen (secondary N) is 2. The molecule has 156 valence electrons. The van der Waals surface area contributed by atoms with Gasteiger partial charge in [-0.3, -0.25) is 19.5 Å². The van der Waals surface area contributed by atoms with Crippen LogP contribution in [0.25, 0.3) is 5.65 Å². The number of methoxy groups -OCH3 is 1. The Morgan fingerprint density at radius 1 is 1.30 bits per heavy atom. The Bertz CT molecular complexity index is 1150. The van der Waals surface area contributed by atoms with Gasteiger partial charge in [0.25, 0.3) is 11.5 Å². The van der Waals surface area contributed by atoms with Crippen molar-refractivity contribution < 1.29 is 14.3 Å². The summed E-state index contributed by atoms with van der Waals surface area (Å²) < 4.78 is 6.27. The number of ether oxygens (including phenoxy) is 1. The van der Waals surface area contributed by atoms with Crippen LogP contribution in [0, 0.1) is 6.92 Å². The fourth-order valence-corrected chi connectivity index (χ4v) is 3.60. The summed E-state index contributed by atoms with van der Waals surface area (Å²) in [5, 5.41) is 5.60. The van der Waals surface area contributed by atoms with Gasteiger partial charge in [0.2, 0.25) is 5.91 Å². The Hall–Kier alpha value is -3.46. The van der Waals surface area contributed by atoms with Crippen LogP contribution in [0.15, 0.2) is 41.3 Å². The number of hydrogen-bond donors (Lipinski definition) is 2. The van der Waals surface area contributed by atoms with Crippen LogP contribution < -0.4 is 10.9 Å². The van der Waals surface area contributed by atoms with Crippen molar-refractivity contribution in [3.05, 3.63) is 63.7 Å². The zero-order chi connectivity index (χ0) is 21.3. The fourth-order valence-electron chi connectivity index (χ4n) is 3.60. The van der Waals surface area contributed by atoms with E-state index in [0.29, 0.717) is 31.1 Å². The van der Waals surface area contributed by atoms with Crippen molar-refractivity contribution in [2.24, 2.45) is 0 Å². The average molecular weight is 409 g/mol. The van der Waals surface area contributed by atoms with Crippen molar-refractivity contribution in [1.82, 2.24) is 19.5 Å². The number of H-pyrrole nitrogens is 1. The maximum Gasteiger partial charge on any atom is 0.272 e. The van der Waals surface area contributed by atoms with Gasteiger partial charge in [-0.05, 0) is 19.1 Å². The molecule has 9 heteroatoms. The van der Waals surface area contributed by atoms with Gasteiger partial charge in [-0.2, -0.15) is 0 Å². The molecule has 30 heavy (non-hydrogen) atoms. The largest absolute Gasteiger partial charge is 0.383 e. The lowest BCUT2D eigenvalue weighted by Gasteiger charge is -2.15. The molecule has 1 aromatic carbocycles. The Balaban J connectivity index is 1.61. The third-order valence-electron chi connectivity index (χ3n) is 5.27. The minimum absolute atomic E-state index is 0.00505. The molecule has 3 aromatic rings. The summed E-state index contributed by atoms with van der Waals surface area (Å²) in [5.41, 5.74) is 2.42. The third-order valence-corrected chi connectivity index (χ3v) is 5.27. The van der Waals surface area contributed by atoms with E-state index in [-0.39, 0.29) is 40.9 Å². The number of aromatic nitrogens is 3. The van der Waals surface area contributed by atoms with Crippen LogP contribution in [-0.4, -0.2) is 58.1 Å². The van der Waals surface area contributed by atoms with E-state index in [1.54, 1.807) is 12.0 Å². The molecular formula is C21H23N5O4. The van der Waals surface area contributed by atoms with Crippen molar-refractivity contribution in [3.8, 4) is 0 Å². The maximum atomic E-state index is 12.8. The van der Waals surface area contributed by atoms with Gasteiger partial charge in [-0.25, -0.2) is 9.50 Å². The summed E-state index contributed by atoms with van der Waals surface area (Å²) in [6.07, 6.45) is 1.74. The van der Waals surface area contributed by atoms with E-state index >= 15 is 0 Å². The quantitative estimate of drug-likeness (QED) is 0.642. The molecule has 0 bridgehead atoms. The first-order valence-electron chi connectivity index (χ1n) is 9.72. The molecule has 1 aliphatic heterocycles. The van der Waals surface area contributed by atoms with Crippen LogP contribution >= 0.6 is 0 Å². The molecule has 1 saturated heterocycles. The number of anilines is 1. The molecule has 4 rings (SSSR count). The molecule has 2 amide bonds. The second-order valence-corrected chi connectivity index (χ2v) is 7.42. The molecule has 0 unspecified atom stereocenters. The van der Waals surface area contributed by atoms with E-state index in [1.165, 1.54) is 16.8 Å². The topological polar surface area (TPSA) is 109 Å². The molecule has 3 heterocycles. The number of carbonyl (C=O) groups excluding carboxylic acids is 2. The van der Waals surface area contributed by atoms with Crippen LogP contribution in [0.3, 0.4) is 0 Å². The van der Waals surface area contributed by atoms with Crippen LogP contribution in [0.1, 0.15) is 34.0 Å². The lowest BCUT2D eigenvalue weighted by molar-refractivity contribution is -0.128. The summed E-state index contributed by atoms with van der Waals surface area (Å²) in [6.45, 7) is 3.39. The zero-order valence-corrected chi connectivity index (χ0v) is 16.8. The lowest BCUT2D eigenvalue weighted by atomic mass is 10.0. The van der Waals surface area contributed by atoms with Gasteiger partial charge in [0, 0.05) is 50.5 Å². The number of aryl methyl sites for hydroxylation is 1. The van der Waals surface area contributed by atoms with Gasteiger partial charge in [-0.15, -0.1) is 0 Å². The highest BCUT2D eigenvalue weighted by molar-refractivity contribution is 6.08. The van der Waals surface area contributed by atoms with Gasteiger partial charge in [0.1, 0.15) is 5.56 Å². The molecule has 0 saturated carbocycles. The first-order valence-corrected chi connectivity index (χ1v) is 9.72. The van der Waals surface area contributed by atoms with E-state index in [0.717, 1.165) is 5.56 Å². The smallest absolute Gasteiger partial charge is 0.272 e. The molecule has 0 spiro atoms. The summed E-state index contributed by atoms with van der Waals surface area (Å²) in [7, 11) is 1.59. The molecule has 0 radical (unpaired) electrons. The average Bonchev–Trinajstić information content (AvgIpc) is 3.32. The summed E-state index contributed by atoms with van der Waals surface area (Å²) in [6, 6.07) is 8.84. The van der Waals surface area contributed by atoms with Crippen LogP contribution in [0.2, 0.25) is 0 Å². The SMILES string of the molecule is COCCN1C[C@H](c2cc(=O)n3[nH]cc(C(=O)Nc4ccc(C)cc4)c3n2)CC1=O. The molecule has 2 aromatic heterocycles. The second-order valence-electron chi connectivity index (χ2n) is 7.42. The minimum Gasteiger partial charge on any atom is -0.383 e. The predicted molar refractivity (Wildman–Crippen MR) is 111 cm³/mol. The highest BCUT2D eigenvalue weighted by atomic mass is 16.5. The number of aromatic amines is 1. The molecule has 1 aliphatic rings. The maximum absolute atomic E-state index is 12.8. The van der Waals surface area contributed by atoms with Crippen molar-refractivity contribution in [1.29, 1.82) is 0 Å². The van der Waals surface area contributed by atoms with Crippen molar-refractivity contribution in [2.45, 2.75) is 19.3 Å². The Morgan fingerprint density at radius 2 is 2.07 bits per heavy atom. The van der Waals surface area contributed by atoms with E-state index < -0.39 is 0 Å². The highest BCUT2D eigenvalue weighted by Gasteiger charge is 2.32. The van der Waals surface area contributed by atoms with Crippen LogP contribution in [0.5, 0.6) is 0 Å². The Labute approximate surface area is 172 Å². The van der Waals surface area contributed by atoms with Crippen molar-refractivity contribution in [3.63, 3.8) is 0 Å². The van der Waals surface area contributed by atoms with Gasteiger partial charge < -0.3 is 15.0 Å². The summed E-state index contributed by atoms with van der Waals surface area (Å²) in [4.78, 5) is 43.9. The van der Waals surface area contributed by atoms with Crippen LogP contribution in [0.4, 0.5) is 5.69 Å². The van der Waals surface area contributed by atoms with E-state index in [9.17, 15) is 14.4 Å². The number of hydrogen-bond acceptors (Lipinski definition) is 5. The fraction of sp³-hybridized carbons (Fsp3) is 0.333. The number of amides is 2. The van der Waals surface area contributed by atoms with E-state index in [4.69, 9.17) is 4.74 Å². The van der Waals surface area contributed by atoms with E-state index in [2.05, 4.69) is 15.4 Å². The minimum atomic E-state index is -0.370. The standard InChI is InChI=1S/C21H23N5O4/c1-13-3-5-15(6-4-13)23-21(29)16-11-22-26-19(28)10-17(24-20(16)26)14-9-18(27)25(12-14)7-8-30-2/h3-6,10-11,14,22H,7-9,12H2,1-2H3,(H,23,29)/t14-/m1/s1. The van der Waals surface area contributed by atoms with Crippen LogP contribution in [-0.2, 0) is 9.53 Å². The molecule has 0 aliphatic carbocycles. The third kappa shape index (κ3) is 3.84. The molecule has 1 atom stereocenters. The predicted octanol–water partition coefficient (Wildman–Crippen LogP) is 1.55. The lowest BCUT2D eigenvalue weighted by Crippen LogP contribution is -2.28. The monoisotopic (exact) mass is 409 g/mol. The number of benzene rings is 1. The number of carbonyl (C=O) groups is 2. The molecule has 9 nitrogen and oxygen atoms in total. The summed E-state index contributed by atoms with van der Waals surface area (Å²) in [5.74, 6) is -0.564. The van der Waals surface area contributed by atoms with Gasteiger partial charge >= 0.3 is 0 Å². The van der Waals surface area contributed by atoms with Crippen molar-refractivity contribution >= 4 is 23.1 Å². The van der Waals surface area contributed by atoms with Crippen molar-refractivity contribution in [2.75, 3.05) is 32.1 Å². The van der Waals surface area contributed by atoms with Gasteiger partial charge in [0.05, 0.1) is 12.3 Å². The first kappa shape index (κ1) is 19.8. The summed E-state index contributed by atoms with van der Waals surface area (Å²) >= 11 is 0. The van der Waals surface area contributed by atoms with Gasteiger partial charge in [0.15, 0.2) is 5.65 Å². The number of rotatable bonds is 6. The molecular weight excluding hydrogens is 386 g/mol. The highest BCUT2D eigenvalue weighted by Crippen LogP contribution is 2.26. The number of fused-ring (bicyclic) bond motifs is 1. The van der Waals surface area contributed by atoms with E-state index in [1.807, 2.05) is 31.2 Å². The second kappa shape index (κ2) is 8.11. The molecule has 2 N–H and O–H groups in total. The Kier molecular flexibility index (Phi) is 5.37. The first-order chi connectivity index (χ1) is 14.5. The zero-order valence-electron chi connectivity index (χ0n) is 16.8.